The summed E-state index contributed by atoms with van der Waals surface area (Å²) >= 11 is 1.60. The van der Waals surface area contributed by atoms with Crippen LogP contribution in [0.3, 0.4) is 0 Å². The first-order valence-electron chi connectivity index (χ1n) is 6.52. The number of rotatable bonds is 10. The normalized spacial score (nSPS) is 15.9. The summed E-state index contributed by atoms with van der Waals surface area (Å²) < 4.78 is 9.60. The Labute approximate surface area is 118 Å². The predicted molar refractivity (Wildman–Crippen MR) is 75.1 cm³/mol. The summed E-state index contributed by atoms with van der Waals surface area (Å²) in [4.78, 5) is 22.8. The lowest BCUT2D eigenvalue weighted by molar-refractivity contribution is -0.141. The van der Waals surface area contributed by atoms with Crippen molar-refractivity contribution < 1.29 is 19.1 Å². The Balaban J connectivity index is 2.06. The lowest BCUT2D eigenvalue weighted by atomic mass is 10.1. The SMILES string of the molecule is COCCCNC(=O)CSCC1(CC(=O)OC)CC1. The minimum atomic E-state index is -0.151. The van der Waals surface area contributed by atoms with E-state index >= 15 is 0 Å². The van der Waals surface area contributed by atoms with Crippen molar-refractivity contribution in [3.63, 3.8) is 0 Å². The van der Waals surface area contributed by atoms with Crippen molar-refractivity contribution in [3.8, 4) is 0 Å². The van der Waals surface area contributed by atoms with Gasteiger partial charge in [-0.3, -0.25) is 9.59 Å². The Kier molecular flexibility index (Phi) is 7.23. The molecule has 0 aromatic heterocycles. The first-order chi connectivity index (χ1) is 9.12. The zero-order valence-corrected chi connectivity index (χ0v) is 12.5. The van der Waals surface area contributed by atoms with Crippen LogP contribution in [0.5, 0.6) is 0 Å². The van der Waals surface area contributed by atoms with Crippen LogP contribution in [0.1, 0.15) is 25.7 Å². The smallest absolute Gasteiger partial charge is 0.306 e. The van der Waals surface area contributed by atoms with Crippen molar-refractivity contribution in [1.29, 1.82) is 0 Å². The summed E-state index contributed by atoms with van der Waals surface area (Å²) in [5.74, 6) is 1.21. The third-order valence-electron chi connectivity index (χ3n) is 3.19. The van der Waals surface area contributed by atoms with Gasteiger partial charge >= 0.3 is 5.97 Å². The highest BCUT2D eigenvalue weighted by Crippen LogP contribution is 2.51. The molecule has 110 valence electrons. The lowest BCUT2D eigenvalue weighted by Crippen LogP contribution is -2.27. The molecule has 0 unspecified atom stereocenters. The number of esters is 1. The van der Waals surface area contributed by atoms with E-state index in [4.69, 9.17) is 9.47 Å². The van der Waals surface area contributed by atoms with Gasteiger partial charge in [-0.25, -0.2) is 0 Å². The van der Waals surface area contributed by atoms with Gasteiger partial charge in [0.25, 0.3) is 0 Å². The molecular weight excluding hydrogens is 266 g/mol. The number of thioether (sulfide) groups is 1. The van der Waals surface area contributed by atoms with Crippen molar-refractivity contribution in [3.05, 3.63) is 0 Å². The highest BCUT2D eigenvalue weighted by Gasteiger charge is 2.44. The molecule has 0 spiro atoms. The fraction of sp³-hybridized carbons (Fsp3) is 0.846. The minimum Gasteiger partial charge on any atom is -0.469 e. The van der Waals surface area contributed by atoms with Gasteiger partial charge in [-0.2, -0.15) is 11.8 Å². The molecule has 6 heteroatoms. The van der Waals surface area contributed by atoms with E-state index in [0.29, 0.717) is 25.3 Å². The van der Waals surface area contributed by atoms with Crippen molar-refractivity contribution in [2.24, 2.45) is 5.41 Å². The summed E-state index contributed by atoms with van der Waals surface area (Å²) in [7, 11) is 3.06. The molecule has 0 aliphatic heterocycles. The molecule has 1 rings (SSSR count). The molecule has 1 amide bonds. The lowest BCUT2D eigenvalue weighted by Gasteiger charge is -2.12. The summed E-state index contributed by atoms with van der Waals surface area (Å²) in [5.41, 5.74) is 0.0914. The minimum absolute atomic E-state index is 0.0509. The second-order valence-electron chi connectivity index (χ2n) is 4.94. The molecule has 1 aliphatic carbocycles. The van der Waals surface area contributed by atoms with Gasteiger partial charge in [-0.05, 0) is 30.4 Å². The van der Waals surface area contributed by atoms with Gasteiger partial charge in [0.15, 0.2) is 0 Å². The van der Waals surface area contributed by atoms with Gasteiger partial charge in [-0.1, -0.05) is 0 Å². The second-order valence-corrected chi connectivity index (χ2v) is 5.93. The zero-order valence-electron chi connectivity index (χ0n) is 11.7. The fourth-order valence-corrected chi connectivity index (χ4v) is 3.00. The molecule has 1 N–H and O–H groups in total. The largest absolute Gasteiger partial charge is 0.469 e. The molecule has 5 nitrogen and oxygen atoms in total. The standard InChI is InChI=1S/C13H23NO4S/c1-17-7-3-6-14-11(15)9-19-10-13(4-5-13)8-12(16)18-2/h3-10H2,1-2H3,(H,14,15). The molecule has 0 aromatic carbocycles. The monoisotopic (exact) mass is 289 g/mol. The van der Waals surface area contributed by atoms with Crippen molar-refractivity contribution in [2.45, 2.75) is 25.7 Å². The van der Waals surface area contributed by atoms with Gasteiger partial charge < -0.3 is 14.8 Å². The fourth-order valence-electron chi connectivity index (χ4n) is 1.78. The summed E-state index contributed by atoms with van der Waals surface area (Å²) in [6.07, 6.45) is 3.43. The third kappa shape index (κ3) is 6.82. The van der Waals surface area contributed by atoms with E-state index in [1.807, 2.05) is 0 Å². The van der Waals surface area contributed by atoms with E-state index in [1.54, 1.807) is 18.9 Å². The highest BCUT2D eigenvalue weighted by atomic mass is 32.2. The average Bonchev–Trinajstić information content (AvgIpc) is 3.14. The maximum absolute atomic E-state index is 11.5. The molecule has 0 radical (unpaired) electrons. The highest BCUT2D eigenvalue weighted by molar-refractivity contribution is 7.99. The number of hydrogen-bond donors (Lipinski definition) is 1. The van der Waals surface area contributed by atoms with Crippen LogP contribution in [0.4, 0.5) is 0 Å². The van der Waals surface area contributed by atoms with Crippen LogP contribution in [-0.4, -0.2) is 50.8 Å². The van der Waals surface area contributed by atoms with Crippen molar-refractivity contribution in [1.82, 2.24) is 5.32 Å². The van der Waals surface area contributed by atoms with E-state index in [-0.39, 0.29) is 17.3 Å². The van der Waals surface area contributed by atoms with Gasteiger partial charge in [0.1, 0.15) is 0 Å². The number of nitrogens with one attached hydrogen (secondary N) is 1. The Bertz CT molecular complexity index is 305. The predicted octanol–water partition coefficient (Wildman–Crippen LogP) is 1.22. The average molecular weight is 289 g/mol. The molecule has 19 heavy (non-hydrogen) atoms. The quantitative estimate of drug-likeness (QED) is 0.484. The van der Waals surface area contributed by atoms with Crippen LogP contribution in [0.25, 0.3) is 0 Å². The molecular formula is C13H23NO4S. The number of amides is 1. The topological polar surface area (TPSA) is 64.6 Å². The number of ether oxygens (including phenoxy) is 2. The van der Waals surface area contributed by atoms with Gasteiger partial charge in [0, 0.05) is 20.3 Å². The number of methoxy groups -OCH3 is 2. The molecule has 0 heterocycles. The maximum atomic E-state index is 11.5. The maximum Gasteiger partial charge on any atom is 0.306 e. The van der Waals surface area contributed by atoms with Crippen LogP contribution in [0.2, 0.25) is 0 Å². The Morgan fingerprint density at radius 1 is 1.32 bits per heavy atom. The first-order valence-corrected chi connectivity index (χ1v) is 7.67. The summed E-state index contributed by atoms with van der Waals surface area (Å²) in [6, 6.07) is 0. The van der Waals surface area contributed by atoms with E-state index in [2.05, 4.69) is 5.32 Å². The van der Waals surface area contributed by atoms with Gasteiger partial charge in [0.05, 0.1) is 19.3 Å². The first kappa shape index (κ1) is 16.3. The van der Waals surface area contributed by atoms with Crippen LogP contribution < -0.4 is 5.32 Å². The number of carbonyl (C=O) groups excluding carboxylic acids is 2. The van der Waals surface area contributed by atoms with Crippen molar-refractivity contribution in [2.75, 3.05) is 38.9 Å². The molecule has 0 bridgehead atoms. The molecule has 1 saturated carbocycles. The van der Waals surface area contributed by atoms with Gasteiger partial charge in [0.2, 0.25) is 5.91 Å². The van der Waals surface area contributed by atoms with E-state index in [9.17, 15) is 9.59 Å². The van der Waals surface area contributed by atoms with Gasteiger partial charge in [-0.15, -0.1) is 0 Å². The zero-order chi connectivity index (χ0) is 14.1. The van der Waals surface area contributed by atoms with Crippen LogP contribution in [-0.2, 0) is 19.1 Å². The van der Waals surface area contributed by atoms with Crippen LogP contribution >= 0.6 is 11.8 Å². The van der Waals surface area contributed by atoms with Crippen molar-refractivity contribution >= 4 is 23.6 Å². The Hall–Kier alpha value is -0.750. The number of carbonyl (C=O) groups is 2. The van der Waals surface area contributed by atoms with E-state index < -0.39 is 0 Å². The summed E-state index contributed by atoms with van der Waals surface area (Å²) in [5, 5.41) is 2.84. The number of hydrogen-bond acceptors (Lipinski definition) is 5. The van der Waals surface area contributed by atoms with Crippen LogP contribution in [0.15, 0.2) is 0 Å². The molecule has 0 aromatic rings. The Morgan fingerprint density at radius 3 is 2.63 bits per heavy atom. The van der Waals surface area contributed by atoms with E-state index in [0.717, 1.165) is 25.0 Å². The third-order valence-corrected chi connectivity index (χ3v) is 4.48. The molecule has 0 saturated heterocycles. The Morgan fingerprint density at radius 2 is 2.05 bits per heavy atom. The summed E-state index contributed by atoms with van der Waals surface area (Å²) in [6.45, 7) is 1.32. The second kappa shape index (κ2) is 8.43. The van der Waals surface area contributed by atoms with E-state index in [1.165, 1.54) is 7.11 Å². The molecule has 1 aliphatic rings. The molecule has 1 fully saturated rings. The van der Waals surface area contributed by atoms with Crippen LogP contribution in [0, 0.1) is 5.41 Å². The molecule has 0 atom stereocenters.